The van der Waals surface area contributed by atoms with Crippen LogP contribution in [0, 0.1) is 0 Å². The molecule has 0 saturated carbocycles. The second-order valence-corrected chi connectivity index (χ2v) is 5.18. The van der Waals surface area contributed by atoms with Crippen LogP contribution >= 0.6 is 0 Å². The van der Waals surface area contributed by atoms with E-state index in [0.29, 0.717) is 0 Å². The van der Waals surface area contributed by atoms with Crippen LogP contribution in [-0.4, -0.2) is 94.2 Å². The molecule has 0 aliphatic carbocycles. The van der Waals surface area contributed by atoms with Gasteiger partial charge in [0.05, 0.1) is 31.6 Å². The number of nitrogens with zero attached hydrogens (tertiary/aromatic N) is 2. The molecular weight excluding hydrogens is 426 g/mol. The molecule has 0 aromatic carbocycles. The molecule has 3 N–H and O–H groups in total. The number of carboxylic acid groups (broad SMARTS) is 5. The third-order valence-corrected chi connectivity index (χ3v) is 2.70. The molecule has 0 fully saturated rings. The zero-order valence-corrected chi connectivity index (χ0v) is 21.1. The van der Waals surface area contributed by atoms with E-state index < -0.39 is 56.0 Å². The molecule has 0 aliphatic rings. The monoisotopic (exact) mass is 448 g/mol. The van der Waals surface area contributed by atoms with Gasteiger partial charge in [0.15, 0.2) is 0 Å². The zero-order chi connectivity index (χ0) is 22.1. The third kappa shape index (κ3) is 29.0. The van der Waals surface area contributed by atoms with E-state index in [0.717, 1.165) is 15.9 Å². The molecule has 0 rings (SSSR count). The van der Waals surface area contributed by atoms with Crippen LogP contribution in [0.4, 0.5) is 0 Å². The van der Waals surface area contributed by atoms with Crippen molar-refractivity contribution in [2.45, 2.75) is 6.92 Å². The van der Waals surface area contributed by atoms with Gasteiger partial charge in [0, 0.05) is 19.6 Å². The van der Waals surface area contributed by atoms with E-state index in [1.165, 1.54) is 6.08 Å². The average Bonchev–Trinajstić information content (AvgIpc) is 2.50. The third-order valence-electron chi connectivity index (χ3n) is 2.70. The molecule has 0 aromatic heterocycles. The molecule has 30 heavy (non-hydrogen) atoms. The van der Waals surface area contributed by atoms with E-state index in [1.807, 2.05) is 0 Å². The summed E-state index contributed by atoms with van der Waals surface area (Å²) < 4.78 is 0. The molecule has 0 heterocycles. The fourth-order valence-electron chi connectivity index (χ4n) is 1.71. The van der Waals surface area contributed by atoms with Crippen molar-refractivity contribution in [1.29, 1.82) is 0 Å². The van der Waals surface area contributed by atoms with Crippen LogP contribution in [0.1, 0.15) is 6.92 Å². The number of carbonyl (C=O) groups excluding carboxylic acids is 2. The van der Waals surface area contributed by atoms with Crippen molar-refractivity contribution in [1.82, 2.24) is 9.80 Å². The predicted molar refractivity (Wildman–Crippen MR) is 89.8 cm³/mol. The Morgan fingerprint density at radius 1 is 0.733 bits per heavy atom. The zero-order valence-electron chi connectivity index (χ0n) is 17.1. The van der Waals surface area contributed by atoms with Gasteiger partial charge in [-0.1, -0.05) is 18.2 Å². The number of rotatable bonds is 13. The minimum absolute atomic E-state index is 0. The maximum atomic E-state index is 10.5. The summed E-state index contributed by atoms with van der Waals surface area (Å²) in [5.74, 6) is -6.38. The summed E-state index contributed by atoms with van der Waals surface area (Å²) in [6.07, 6.45) is 5.74. The van der Waals surface area contributed by atoms with Crippen LogP contribution in [0.25, 0.3) is 0 Å². The van der Waals surface area contributed by atoms with E-state index in [1.54, 1.807) is 19.1 Å². The molecule has 0 unspecified atom stereocenters. The molecular formula is C16H22N2Na2O10. The second kappa shape index (κ2) is 22.4. The van der Waals surface area contributed by atoms with Crippen molar-refractivity contribution in [3.8, 4) is 0 Å². The average molecular weight is 448 g/mol. The quantitative estimate of drug-likeness (QED) is 0.137. The van der Waals surface area contributed by atoms with Crippen LogP contribution < -0.4 is 69.3 Å². The molecule has 0 spiro atoms. The summed E-state index contributed by atoms with van der Waals surface area (Å²) >= 11 is 0. The van der Waals surface area contributed by atoms with Crippen molar-refractivity contribution in [3.05, 3.63) is 24.3 Å². The molecule has 158 valence electrons. The molecule has 0 radical (unpaired) electrons. The maximum Gasteiger partial charge on any atom is 1.00 e. The first-order valence-electron chi connectivity index (χ1n) is 7.78. The first-order chi connectivity index (χ1) is 13.0. The summed E-state index contributed by atoms with van der Waals surface area (Å²) in [6.45, 7) is -0.696. The van der Waals surface area contributed by atoms with Crippen molar-refractivity contribution in [2.75, 3.05) is 39.3 Å². The number of allylic oxidation sites excluding steroid dienone is 3. The van der Waals surface area contributed by atoms with Gasteiger partial charge in [0.25, 0.3) is 0 Å². The minimum atomic E-state index is -1.48. The fraction of sp³-hybridized carbons (Fsp3) is 0.438. The second-order valence-electron chi connectivity index (χ2n) is 5.18. The van der Waals surface area contributed by atoms with E-state index in [9.17, 15) is 34.2 Å². The number of hydrogen-bond acceptors (Lipinski definition) is 9. The van der Waals surface area contributed by atoms with Gasteiger partial charge >= 0.3 is 77.0 Å². The van der Waals surface area contributed by atoms with Crippen molar-refractivity contribution in [2.24, 2.45) is 0 Å². The molecule has 0 aliphatic heterocycles. The first kappa shape index (κ1) is 36.1. The van der Waals surface area contributed by atoms with Gasteiger partial charge in [-0.15, -0.1) is 0 Å². The summed E-state index contributed by atoms with van der Waals surface area (Å²) in [5.41, 5.74) is 0. The number of carbonyl (C=O) groups is 5. The predicted octanol–water partition coefficient (Wildman–Crippen LogP) is -9.53. The Hall–Kier alpha value is -1.25. The molecule has 14 heteroatoms. The SMILES string of the molecule is C/C=C/C=C/C(=O)[O-].O=C([O-])CN(CCN(CC(=O)O)CC(=O)O)CC(=O)O.[Na+].[Na+]. The number of aliphatic carboxylic acids is 5. The largest absolute Gasteiger partial charge is 1.00 e. The van der Waals surface area contributed by atoms with Crippen LogP contribution in [0.2, 0.25) is 0 Å². The fourth-order valence-corrected chi connectivity index (χ4v) is 1.71. The van der Waals surface area contributed by atoms with Gasteiger partial charge in [-0.2, -0.15) is 0 Å². The first-order valence-corrected chi connectivity index (χ1v) is 7.78. The molecule has 0 bridgehead atoms. The number of carboxylic acids is 5. The van der Waals surface area contributed by atoms with Gasteiger partial charge in [-0.25, -0.2) is 0 Å². The molecule has 0 aromatic rings. The van der Waals surface area contributed by atoms with Crippen molar-refractivity contribution in [3.63, 3.8) is 0 Å². The molecule has 0 atom stereocenters. The molecule has 12 nitrogen and oxygen atoms in total. The Labute approximate surface area is 217 Å². The Balaban J connectivity index is -0.000000288. The van der Waals surface area contributed by atoms with E-state index in [-0.39, 0.29) is 72.2 Å². The molecule has 0 amide bonds. The van der Waals surface area contributed by atoms with Crippen LogP contribution in [-0.2, 0) is 24.0 Å². The van der Waals surface area contributed by atoms with Crippen LogP contribution in [0.15, 0.2) is 24.3 Å². The van der Waals surface area contributed by atoms with E-state index >= 15 is 0 Å². The summed E-state index contributed by atoms with van der Waals surface area (Å²) in [4.78, 5) is 53.8. The Kier molecular flexibility index (Phi) is 27.0. The summed E-state index contributed by atoms with van der Waals surface area (Å²) in [6, 6.07) is 0. The van der Waals surface area contributed by atoms with Crippen molar-refractivity contribution >= 4 is 29.8 Å². The number of hydrogen-bond donors (Lipinski definition) is 3. The van der Waals surface area contributed by atoms with Gasteiger partial charge in [0.1, 0.15) is 0 Å². The maximum absolute atomic E-state index is 10.5. The minimum Gasteiger partial charge on any atom is -0.549 e. The smallest absolute Gasteiger partial charge is 0.549 e. The standard InChI is InChI=1S/C10H16N2O8.C6H8O2.2Na/c13-7(14)3-11(4-8(15)16)1-2-12(5-9(17)18)6-10(19)20;1-2-3-4-5-6(7)8;;/h1-6H2,(H,13,14)(H,15,16)(H,17,18)(H,19,20);2-5H,1H3,(H,7,8);;/q;;2*+1/p-2/b;3-2+,5-4+;;. The Bertz CT molecular complexity index is 543. The van der Waals surface area contributed by atoms with E-state index in [4.69, 9.17) is 15.3 Å². The van der Waals surface area contributed by atoms with Crippen molar-refractivity contribution < 1.29 is 109 Å². The summed E-state index contributed by atoms with van der Waals surface area (Å²) in [5, 5.41) is 45.9. The Morgan fingerprint density at radius 3 is 1.37 bits per heavy atom. The summed E-state index contributed by atoms with van der Waals surface area (Å²) in [7, 11) is 0. The van der Waals surface area contributed by atoms with Gasteiger partial charge < -0.3 is 35.1 Å². The van der Waals surface area contributed by atoms with Gasteiger partial charge in [0.2, 0.25) is 0 Å². The van der Waals surface area contributed by atoms with Gasteiger partial charge in [-0.3, -0.25) is 24.2 Å². The van der Waals surface area contributed by atoms with Gasteiger partial charge in [-0.05, 0) is 13.0 Å². The van der Waals surface area contributed by atoms with E-state index in [2.05, 4.69) is 0 Å². The van der Waals surface area contributed by atoms with Crippen LogP contribution in [0.5, 0.6) is 0 Å². The normalized spacial score (nSPS) is 10.1. The molecule has 0 saturated heterocycles. The van der Waals surface area contributed by atoms with Crippen LogP contribution in [0.3, 0.4) is 0 Å². The topological polar surface area (TPSA) is 199 Å². The Morgan fingerprint density at radius 2 is 1.10 bits per heavy atom.